The number of esters is 1. The van der Waals surface area contributed by atoms with Gasteiger partial charge in [-0.2, -0.15) is 0 Å². The molecule has 0 amide bonds. The van der Waals surface area contributed by atoms with Crippen molar-refractivity contribution in [3.05, 3.63) is 29.3 Å². The van der Waals surface area contributed by atoms with Gasteiger partial charge >= 0.3 is 11.9 Å². The zero-order chi connectivity index (χ0) is 13.0. The summed E-state index contributed by atoms with van der Waals surface area (Å²) in [6.07, 6.45) is -2.31. The summed E-state index contributed by atoms with van der Waals surface area (Å²) in [5.74, 6) is -1.88. The molecule has 1 atom stereocenters. The highest BCUT2D eigenvalue weighted by atomic mass is 16.5. The van der Waals surface area contributed by atoms with Gasteiger partial charge in [0.1, 0.15) is 5.75 Å². The predicted molar refractivity (Wildman–Crippen MR) is 59.8 cm³/mol. The number of hydrogen-bond donors (Lipinski definition) is 2. The van der Waals surface area contributed by atoms with Crippen LogP contribution >= 0.6 is 0 Å². The van der Waals surface area contributed by atoms with E-state index in [-0.39, 0.29) is 0 Å². The molecule has 5 heteroatoms. The zero-order valence-corrected chi connectivity index (χ0v) is 9.64. The molecular formula is C12H14O5. The van der Waals surface area contributed by atoms with Crippen LogP contribution in [0.3, 0.4) is 0 Å². The van der Waals surface area contributed by atoms with Crippen molar-refractivity contribution in [3.8, 4) is 5.75 Å². The molecule has 0 aliphatic carbocycles. The van der Waals surface area contributed by atoms with E-state index < -0.39 is 24.5 Å². The number of ether oxygens (including phenoxy) is 1. The van der Waals surface area contributed by atoms with E-state index in [0.717, 1.165) is 11.1 Å². The van der Waals surface area contributed by atoms with Gasteiger partial charge in [0.2, 0.25) is 0 Å². The second-order valence-electron chi connectivity index (χ2n) is 3.73. The minimum atomic E-state index is -1.65. The summed E-state index contributed by atoms with van der Waals surface area (Å²) in [7, 11) is 0. The molecule has 0 spiro atoms. The molecule has 0 bridgehead atoms. The molecule has 0 saturated heterocycles. The van der Waals surface area contributed by atoms with E-state index in [1.807, 2.05) is 13.0 Å². The van der Waals surface area contributed by atoms with E-state index in [2.05, 4.69) is 0 Å². The number of carboxylic acids is 1. The van der Waals surface area contributed by atoms with Gasteiger partial charge in [-0.3, -0.25) is 4.79 Å². The van der Waals surface area contributed by atoms with Gasteiger partial charge in [0, 0.05) is 0 Å². The number of aliphatic hydroxyl groups excluding tert-OH is 1. The van der Waals surface area contributed by atoms with Crippen LogP contribution in [0.4, 0.5) is 0 Å². The minimum absolute atomic E-state index is 0.333. The summed E-state index contributed by atoms with van der Waals surface area (Å²) < 4.78 is 4.94. The van der Waals surface area contributed by atoms with Gasteiger partial charge in [0.15, 0.2) is 6.10 Å². The fourth-order valence-corrected chi connectivity index (χ4v) is 1.26. The molecule has 1 aromatic rings. The van der Waals surface area contributed by atoms with Crippen molar-refractivity contribution in [1.29, 1.82) is 0 Å². The Hall–Kier alpha value is -1.88. The normalized spacial score (nSPS) is 11.9. The first-order valence-electron chi connectivity index (χ1n) is 5.09. The SMILES string of the molecule is Cc1cccc(OC(=O)C(O)CC(=O)O)c1C. The first kappa shape index (κ1) is 13.2. The molecule has 0 aliphatic rings. The van der Waals surface area contributed by atoms with E-state index in [4.69, 9.17) is 9.84 Å². The summed E-state index contributed by atoms with van der Waals surface area (Å²) in [6, 6.07) is 5.17. The fourth-order valence-electron chi connectivity index (χ4n) is 1.26. The minimum Gasteiger partial charge on any atom is -0.481 e. The van der Waals surface area contributed by atoms with E-state index >= 15 is 0 Å². The summed E-state index contributed by atoms with van der Waals surface area (Å²) >= 11 is 0. The highest BCUT2D eigenvalue weighted by Gasteiger charge is 2.21. The number of benzene rings is 1. The largest absolute Gasteiger partial charge is 0.481 e. The number of hydrogen-bond acceptors (Lipinski definition) is 4. The molecule has 0 fully saturated rings. The Labute approximate surface area is 98.6 Å². The maximum Gasteiger partial charge on any atom is 0.340 e. The molecule has 0 radical (unpaired) electrons. The zero-order valence-electron chi connectivity index (χ0n) is 9.64. The first-order chi connectivity index (χ1) is 7.91. The lowest BCUT2D eigenvalue weighted by Crippen LogP contribution is -2.28. The summed E-state index contributed by atoms with van der Waals surface area (Å²) in [5.41, 5.74) is 1.73. The predicted octanol–water partition coefficient (Wildman–Crippen LogP) is 1.04. The van der Waals surface area contributed by atoms with Crippen LogP contribution in [0.15, 0.2) is 18.2 Å². The van der Waals surface area contributed by atoms with Crippen LogP contribution < -0.4 is 4.74 Å². The fraction of sp³-hybridized carbons (Fsp3) is 0.333. The summed E-state index contributed by atoms with van der Waals surface area (Å²) in [4.78, 5) is 21.7. The van der Waals surface area contributed by atoms with Crippen molar-refractivity contribution in [2.75, 3.05) is 0 Å². The smallest absolute Gasteiger partial charge is 0.340 e. The van der Waals surface area contributed by atoms with E-state index in [1.165, 1.54) is 0 Å². The van der Waals surface area contributed by atoms with Crippen LogP contribution in [-0.4, -0.2) is 28.3 Å². The molecule has 92 valence electrons. The average Bonchev–Trinajstić information content (AvgIpc) is 2.23. The number of carboxylic acid groups (broad SMARTS) is 1. The molecule has 0 saturated carbocycles. The van der Waals surface area contributed by atoms with Crippen LogP contribution in [0.2, 0.25) is 0 Å². The Morgan fingerprint density at radius 2 is 2.00 bits per heavy atom. The lowest BCUT2D eigenvalue weighted by atomic mass is 10.1. The lowest BCUT2D eigenvalue weighted by Gasteiger charge is -2.11. The van der Waals surface area contributed by atoms with Crippen LogP contribution in [0.1, 0.15) is 17.5 Å². The van der Waals surface area contributed by atoms with E-state index in [9.17, 15) is 14.7 Å². The van der Waals surface area contributed by atoms with Crippen molar-refractivity contribution < 1.29 is 24.5 Å². The standard InChI is InChI=1S/C12H14O5/c1-7-4-3-5-10(8(7)2)17-12(16)9(13)6-11(14)15/h3-5,9,13H,6H2,1-2H3,(H,14,15). The monoisotopic (exact) mass is 238 g/mol. The van der Waals surface area contributed by atoms with Crippen molar-refractivity contribution >= 4 is 11.9 Å². The molecule has 1 unspecified atom stereocenters. The molecule has 0 heterocycles. The van der Waals surface area contributed by atoms with Gasteiger partial charge < -0.3 is 14.9 Å². The number of carbonyl (C=O) groups excluding carboxylic acids is 1. The maximum atomic E-state index is 11.4. The Balaban J connectivity index is 2.74. The molecular weight excluding hydrogens is 224 g/mol. The van der Waals surface area contributed by atoms with Gasteiger partial charge in [-0.05, 0) is 31.0 Å². The Bertz CT molecular complexity index is 439. The molecule has 17 heavy (non-hydrogen) atoms. The molecule has 2 N–H and O–H groups in total. The van der Waals surface area contributed by atoms with E-state index in [1.54, 1.807) is 19.1 Å². The molecule has 5 nitrogen and oxygen atoms in total. The van der Waals surface area contributed by atoms with E-state index in [0.29, 0.717) is 5.75 Å². The Morgan fingerprint density at radius 1 is 1.35 bits per heavy atom. The molecule has 0 aromatic heterocycles. The number of rotatable bonds is 4. The van der Waals surface area contributed by atoms with Crippen LogP contribution in [0, 0.1) is 13.8 Å². The van der Waals surface area contributed by atoms with Crippen molar-refractivity contribution in [2.45, 2.75) is 26.4 Å². The Kier molecular flexibility index (Phi) is 4.23. The maximum absolute atomic E-state index is 11.4. The summed E-state index contributed by atoms with van der Waals surface area (Å²) in [5, 5.41) is 17.7. The highest BCUT2D eigenvalue weighted by Crippen LogP contribution is 2.21. The summed E-state index contributed by atoms with van der Waals surface area (Å²) in [6.45, 7) is 3.64. The third-order valence-corrected chi connectivity index (χ3v) is 2.41. The second kappa shape index (κ2) is 5.45. The van der Waals surface area contributed by atoms with Gasteiger partial charge in [-0.25, -0.2) is 4.79 Å². The first-order valence-corrected chi connectivity index (χ1v) is 5.09. The molecule has 1 rings (SSSR count). The third-order valence-electron chi connectivity index (χ3n) is 2.41. The van der Waals surface area contributed by atoms with Crippen LogP contribution in [0.25, 0.3) is 0 Å². The number of aliphatic hydroxyl groups is 1. The molecule has 0 aliphatic heterocycles. The van der Waals surface area contributed by atoms with Crippen molar-refractivity contribution in [2.24, 2.45) is 0 Å². The van der Waals surface area contributed by atoms with Crippen LogP contribution in [-0.2, 0) is 9.59 Å². The third kappa shape index (κ3) is 3.57. The topological polar surface area (TPSA) is 83.8 Å². The number of aliphatic carboxylic acids is 1. The Morgan fingerprint density at radius 3 is 2.59 bits per heavy atom. The van der Waals surface area contributed by atoms with Gasteiger partial charge in [-0.1, -0.05) is 12.1 Å². The molecule has 1 aromatic carbocycles. The average molecular weight is 238 g/mol. The highest BCUT2D eigenvalue weighted by molar-refractivity contribution is 5.82. The van der Waals surface area contributed by atoms with Gasteiger partial charge in [-0.15, -0.1) is 0 Å². The number of aryl methyl sites for hydroxylation is 1. The van der Waals surface area contributed by atoms with Crippen LogP contribution in [0.5, 0.6) is 5.75 Å². The number of carbonyl (C=O) groups is 2. The van der Waals surface area contributed by atoms with Crippen molar-refractivity contribution in [3.63, 3.8) is 0 Å². The lowest BCUT2D eigenvalue weighted by molar-refractivity contribution is -0.151. The second-order valence-corrected chi connectivity index (χ2v) is 3.73. The van der Waals surface area contributed by atoms with Gasteiger partial charge in [0.25, 0.3) is 0 Å². The van der Waals surface area contributed by atoms with Crippen molar-refractivity contribution in [1.82, 2.24) is 0 Å². The van der Waals surface area contributed by atoms with Gasteiger partial charge in [0.05, 0.1) is 6.42 Å². The quantitative estimate of drug-likeness (QED) is 0.605.